The molecule has 0 saturated carbocycles. The van der Waals surface area contributed by atoms with Crippen LogP contribution in [0.25, 0.3) is 0 Å². The van der Waals surface area contributed by atoms with Crippen molar-refractivity contribution in [2.24, 2.45) is 5.92 Å². The number of amides is 2. The minimum Gasteiger partial charge on any atom is -0.347 e. The largest absolute Gasteiger partial charge is 0.347 e. The maximum absolute atomic E-state index is 11.9. The highest BCUT2D eigenvalue weighted by Crippen LogP contribution is 2.04. The Labute approximate surface area is 121 Å². The van der Waals surface area contributed by atoms with Crippen LogP contribution in [-0.2, 0) is 9.59 Å². The lowest BCUT2D eigenvalue weighted by Gasteiger charge is -2.34. The number of halogens is 1. The van der Waals surface area contributed by atoms with Gasteiger partial charge in [-0.05, 0) is 19.3 Å². The molecule has 1 atom stereocenters. The van der Waals surface area contributed by atoms with Gasteiger partial charge in [0.2, 0.25) is 11.8 Å². The molecular formula is C13H26ClN3O2. The summed E-state index contributed by atoms with van der Waals surface area (Å²) < 4.78 is 0. The first-order valence-corrected chi connectivity index (χ1v) is 6.77. The van der Waals surface area contributed by atoms with Crippen LogP contribution < -0.4 is 10.6 Å². The van der Waals surface area contributed by atoms with E-state index in [0.29, 0.717) is 12.3 Å². The number of hydrogen-bond acceptors (Lipinski definition) is 3. The van der Waals surface area contributed by atoms with Crippen molar-refractivity contribution >= 4 is 24.2 Å². The Bertz CT molecular complexity index is 298. The smallest absolute Gasteiger partial charge is 0.242 e. The zero-order chi connectivity index (χ0) is 13.5. The molecule has 0 aromatic heterocycles. The molecule has 6 heteroatoms. The summed E-state index contributed by atoms with van der Waals surface area (Å²) in [5.74, 6) is 0.501. The summed E-state index contributed by atoms with van der Waals surface area (Å²) in [6.45, 7) is 8.69. The molecule has 2 N–H and O–H groups in total. The summed E-state index contributed by atoms with van der Waals surface area (Å²) in [5, 5.41) is 5.94. The van der Waals surface area contributed by atoms with Crippen molar-refractivity contribution in [2.75, 3.05) is 26.2 Å². The highest BCUT2D eigenvalue weighted by molar-refractivity contribution is 5.85. The molecule has 0 aliphatic carbocycles. The van der Waals surface area contributed by atoms with Gasteiger partial charge in [0.25, 0.3) is 0 Å². The molecule has 1 rings (SSSR count). The topological polar surface area (TPSA) is 61.4 Å². The Morgan fingerprint density at radius 1 is 1.42 bits per heavy atom. The monoisotopic (exact) mass is 291 g/mol. The average molecular weight is 292 g/mol. The van der Waals surface area contributed by atoms with Gasteiger partial charge in [-0.15, -0.1) is 12.4 Å². The van der Waals surface area contributed by atoms with E-state index in [2.05, 4.69) is 24.5 Å². The van der Waals surface area contributed by atoms with Crippen LogP contribution in [0.5, 0.6) is 0 Å². The van der Waals surface area contributed by atoms with Crippen molar-refractivity contribution in [1.82, 2.24) is 15.5 Å². The van der Waals surface area contributed by atoms with Gasteiger partial charge in [-0.1, -0.05) is 13.8 Å². The van der Waals surface area contributed by atoms with Gasteiger partial charge in [-0.2, -0.15) is 0 Å². The van der Waals surface area contributed by atoms with E-state index in [0.717, 1.165) is 26.1 Å². The third-order valence-electron chi connectivity index (χ3n) is 3.21. The van der Waals surface area contributed by atoms with E-state index in [-0.39, 0.29) is 36.8 Å². The molecule has 1 aliphatic rings. The minimum absolute atomic E-state index is 0. The van der Waals surface area contributed by atoms with Crippen LogP contribution in [0.2, 0.25) is 0 Å². The van der Waals surface area contributed by atoms with Crippen LogP contribution in [0.15, 0.2) is 0 Å². The third kappa shape index (κ3) is 6.78. The van der Waals surface area contributed by atoms with Crippen LogP contribution in [0.4, 0.5) is 0 Å². The minimum atomic E-state index is -0.0279. The molecule has 0 radical (unpaired) electrons. The Morgan fingerprint density at radius 3 is 2.68 bits per heavy atom. The standard InChI is InChI=1S/C13H25N3O2.ClH/c1-10(2)4-5-12(17)15-9-13(18)16-7-6-14-8-11(16)3;/h10-11,14H,4-9H2,1-3H3,(H,15,17);1H. The van der Waals surface area contributed by atoms with Crippen molar-refractivity contribution in [3.63, 3.8) is 0 Å². The van der Waals surface area contributed by atoms with Gasteiger partial charge in [0.15, 0.2) is 0 Å². The molecule has 1 unspecified atom stereocenters. The summed E-state index contributed by atoms with van der Waals surface area (Å²) in [7, 11) is 0. The number of carbonyl (C=O) groups excluding carboxylic acids is 2. The molecule has 1 heterocycles. The van der Waals surface area contributed by atoms with Gasteiger partial charge in [0.05, 0.1) is 6.54 Å². The van der Waals surface area contributed by atoms with Gasteiger partial charge < -0.3 is 15.5 Å². The van der Waals surface area contributed by atoms with E-state index >= 15 is 0 Å². The Kier molecular flexibility index (Phi) is 8.76. The SMILES string of the molecule is CC(C)CCC(=O)NCC(=O)N1CCNCC1C.Cl. The third-order valence-corrected chi connectivity index (χ3v) is 3.21. The fraction of sp³-hybridized carbons (Fsp3) is 0.846. The number of nitrogens with zero attached hydrogens (tertiary/aromatic N) is 1. The van der Waals surface area contributed by atoms with Crippen LogP contribution in [-0.4, -0.2) is 48.9 Å². The summed E-state index contributed by atoms with van der Waals surface area (Å²) in [6.07, 6.45) is 1.37. The zero-order valence-corrected chi connectivity index (χ0v) is 12.9. The Hall–Kier alpha value is -0.810. The number of nitrogens with one attached hydrogen (secondary N) is 2. The normalized spacial score (nSPS) is 18.9. The van der Waals surface area contributed by atoms with Gasteiger partial charge in [0.1, 0.15) is 0 Å². The highest BCUT2D eigenvalue weighted by atomic mass is 35.5. The first-order valence-electron chi connectivity index (χ1n) is 6.77. The number of rotatable bonds is 5. The predicted molar refractivity (Wildman–Crippen MR) is 78.4 cm³/mol. The van der Waals surface area contributed by atoms with Crippen LogP contribution in [0.1, 0.15) is 33.6 Å². The maximum atomic E-state index is 11.9. The Morgan fingerprint density at radius 2 is 2.11 bits per heavy atom. The second-order valence-corrected chi connectivity index (χ2v) is 5.35. The number of piperazine rings is 1. The second kappa shape index (κ2) is 9.15. The van der Waals surface area contributed by atoms with Crippen molar-refractivity contribution in [1.29, 1.82) is 0 Å². The predicted octanol–water partition coefficient (Wildman–Crippen LogP) is 0.781. The first kappa shape index (κ1) is 18.2. The van der Waals surface area contributed by atoms with Crippen molar-refractivity contribution < 1.29 is 9.59 Å². The van der Waals surface area contributed by atoms with Gasteiger partial charge >= 0.3 is 0 Å². The van der Waals surface area contributed by atoms with Gasteiger partial charge in [0, 0.05) is 32.1 Å². The molecule has 19 heavy (non-hydrogen) atoms. The zero-order valence-electron chi connectivity index (χ0n) is 12.1. The average Bonchev–Trinajstić information content (AvgIpc) is 2.34. The lowest BCUT2D eigenvalue weighted by Crippen LogP contribution is -2.54. The van der Waals surface area contributed by atoms with Gasteiger partial charge in [-0.3, -0.25) is 9.59 Å². The second-order valence-electron chi connectivity index (χ2n) is 5.35. The number of carbonyl (C=O) groups is 2. The van der Waals surface area contributed by atoms with E-state index in [1.54, 1.807) is 0 Å². The molecule has 0 bridgehead atoms. The lowest BCUT2D eigenvalue weighted by atomic mass is 10.1. The molecule has 1 aliphatic heterocycles. The molecule has 1 fully saturated rings. The molecule has 0 aromatic carbocycles. The molecule has 2 amide bonds. The fourth-order valence-corrected chi connectivity index (χ4v) is 2.00. The first-order chi connectivity index (χ1) is 8.50. The van der Waals surface area contributed by atoms with Crippen LogP contribution >= 0.6 is 12.4 Å². The maximum Gasteiger partial charge on any atom is 0.242 e. The molecule has 0 aromatic rings. The summed E-state index contributed by atoms with van der Waals surface area (Å²) in [4.78, 5) is 25.3. The molecular weight excluding hydrogens is 266 g/mol. The summed E-state index contributed by atoms with van der Waals surface area (Å²) in [6, 6.07) is 0.207. The van der Waals surface area contributed by atoms with Gasteiger partial charge in [-0.25, -0.2) is 0 Å². The number of hydrogen-bond donors (Lipinski definition) is 2. The molecule has 0 spiro atoms. The van der Waals surface area contributed by atoms with E-state index in [9.17, 15) is 9.59 Å². The highest BCUT2D eigenvalue weighted by Gasteiger charge is 2.22. The van der Waals surface area contributed by atoms with E-state index in [1.807, 2.05) is 11.8 Å². The molecule has 112 valence electrons. The summed E-state index contributed by atoms with van der Waals surface area (Å²) >= 11 is 0. The fourth-order valence-electron chi connectivity index (χ4n) is 2.00. The van der Waals surface area contributed by atoms with Crippen molar-refractivity contribution in [3.8, 4) is 0 Å². The molecule has 1 saturated heterocycles. The summed E-state index contributed by atoms with van der Waals surface area (Å²) in [5.41, 5.74) is 0. The lowest BCUT2D eigenvalue weighted by molar-refractivity contribution is -0.135. The van der Waals surface area contributed by atoms with E-state index in [1.165, 1.54) is 0 Å². The quantitative estimate of drug-likeness (QED) is 0.787. The van der Waals surface area contributed by atoms with Crippen molar-refractivity contribution in [3.05, 3.63) is 0 Å². The Balaban J connectivity index is 0.00000324. The van der Waals surface area contributed by atoms with E-state index in [4.69, 9.17) is 0 Å². The van der Waals surface area contributed by atoms with Crippen LogP contribution in [0.3, 0.4) is 0 Å². The van der Waals surface area contributed by atoms with Crippen molar-refractivity contribution in [2.45, 2.75) is 39.7 Å². The van der Waals surface area contributed by atoms with E-state index < -0.39 is 0 Å². The molecule has 5 nitrogen and oxygen atoms in total. The van der Waals surface area contributed by atoms with Crippen LogP contribution in [0, 0.1) is 5.92 Å².